The quantitative estimate of drug-likeness (QED) is 0.354. The van der Waals surface area contributed by atoms with E-state index in [1.54, 1.807) is 40.0 Å². The molecule has 0 radical (unpaired) electrons. The van der Waals surface area contributed by atoms with Gasteiger partial charge in [-0.2, -0.15) is 0 Å². The highest BCUT2D eigenvalue weighted by Gasteiger charge is 2.35. The van der Waals surface area contributed by atoms with Crippen molar-refractivity contribution in [2.75, 3.05) is 6.61 Å². The molecule has 4 aromatic rings. The average Bonchev–Trinajstić information content (AvgIpc) is 3.20. The highest BCUT2D eigenvalue weighted by Crippen LogP contribution is 2.41. The Labute approximate surface area is 226 Å². The van der Waals surface area contributed by atoms with Crippen LogP contribution in [0.15, 0.2) is 53.3 Å². The third-order valence-corrected chi connectivity index (χ3v) is 7.13. The summed E-state index contributed by atoms with van der Waals surface area (Å²) in [5, 5.41) is 11.0. The molecule has 1 unspecified atom stereocenters. The zero-order valence-corrected chi connectivity index (χ0v) is 22.9. The minimum absolute atomic E-state index is 0.283. The molecule has 7 nitrogen and oxygen atoms in total. The minimum Gasteiger partial charge on any atom is -0.479 e. The van der Waals surface area contributed by atoms with Crippen molar-refractivity contribution < 1.29 is 23.8 Å². The molecule has 1 aliphatic heterocycles. The molecule has 1 N–H and O–H groups in total. The maximum atomic E-state index is 14.2. The van der Waals surface area contributed by atoms with Crippen molar-refractivity contribution in [1.82, 2.24) is 9.13 Å². The fraction of sp³-hybridized carbons (Fsp3) is 0.355. The lowest BCUT2D eigenvalue weighted by Crippen LogP contribution is -2.33. The fourth-order valence-corrected chi connectivity index (χ4v) is 5.40. The number of carboxylic acid groups (broad SMARTS) is 1. The lowest BCUT2D eigenvalue weighted by atomic mass is 9.93. The summed E-state index contributed by atoms with van der Waals surface area (Å²) in [4.78, 5) is 26.8. The minimum atomic E-state index is -1.39. The standard InChI is InChI=1S/C31H33FN2O5/c1-18-6-10-20(11-7-18)24-25-22-17-38-15-14-23(22)34(16-19-8-12-21(32)13-9-19)27(25)29(35)33(5)26(24)28(30(36)37)39-31(2,3)4/h6-13,28H,14-17H2,1-5H3,(H,36,37). The molecule has 2 aromatic carbocycles. The van der Waals surface area contributed by atoms with Gasteiger partial charge in [-0.25, -0.2) is 9.18 Å². The van der Waals surface area contributed by atoms with E-state index in [9.17, 15) is 19.1 Å². The van der Waals surface area contributed by atoms with Gasteiger partial charge < -0.3 is 23.7 Å². The first-order chi connectivity index (χ1) is 18.5. The molecule has 39 heavy (non-hydrogen) atoms. The van der Waals surface area contributed by atoms with E-state index in [-0.39, 0.29) is 17.1 Å². The second-order valence-electron chi connectivity index (χ2n) is 11.1. The highest BCUT2D eigenvalue weighted by molar-refractivity contribution is 6.01. The summed E-state index contributed by atoms with van der Waals surface area (Å²) < 4.78 is 29.0. The van der Waals surface area contributed by atoms with E-state index in [0.29, 0.717) is 42.6 Å². The van der Waals surface area contributed by atoms with E-state index in [4.69, 9.17) is 9.47 Å². The Kier molecular flexibility index (Phi) is 6.95. The first-order valence-corrected chi connectivity index (χ1v) is 13.0. The number of aromatic nitrogens is 2. The summed E-state index contributed by atoms with van der Waals surface area (Å²) in [6.07, 6.45) is -0.790. The molecular formula is C31H33FN2O5. The van der Waals surface area contributed by atoms with E-state index >= 15 is 0 Å². The van der Waals surface area contributed by atoms with Gasteiger partial charge in [-0.15, -0.1) is 0 Å². The van der Waals surface area contributed by atoms with Gasteiger partial charge in [0.1, 0.15) is 11.3 Å². The van der Waals surface area contributed by atoms with E-state index in [0.717, 1.165) is 27.9 Å². The molecule has 1 atom stereocenters. The summed E-state index contributed by atoms with van der Waals surface area (Å²) in [6.45, 7) is 8.53. The van der Waals surface area contributed by atoms with Crippen molar-refractivity contribution >= 4 is 16.9 Å². The number of hydrogen-bond donors (Lipinski definition) is 1. The van der Waals surface area contributed by atoms with Gasteiger partial charge in [0, 0.05) is 42.2 Å². The average molecular weight is 533 g/mol. The molecular weight excluding hydrogens is 499 g/mol. The number of hydrogen-bond acceptors (Lipinski definition) is 4. The van der Waals surface area contributed by atoms with E-state index in [2.05, 4.69) is 0 Å². The van der Waals surface area contributed by atoms with Crippen molar-refractivity contribution in [3.05, 3.63) is 92.8 Å². The van der Waals surface area contributed by atoms with Crippen LogP contribution < -0.4 is 5.56 Å². The third kappa shape index (κ3) is 5.02. The van der Waals surface area contributed by atoms with Crippen molar-refractivity contribution in [1.29, 1.82) is 0 Å². The molecule has 2 aromatic heterocycles. The number of ether oxygens (including phenoxy) is 2. The first kappa shape index (κ1) is 26.8. The van der Waals surface area contributed by atoms with E-state index < -0.39 is 17.7 Å². The number of carbonyl (C=O) groups is 1. The summed E-state index contributed by atoms with van der Waals surface area (Å²) in [5.41, 5.74) is 4.82. The van der Waals surface area contributed by atoms with Crippen molar-refractivity contribution in [2.45, 2.75) is 59.0 Å². The van der Waals surface area contributed by atoms with Crippen LogP contribution in [0.1, 0.15) is 55.0 Å². The van der Waals surface area contributed by atoms with Crippen LogP contribution in [0.2, 0.25) is 0 Å². The summed E-state index contributed by atoms with van der Waals surface area (Å²) in [7, 11) is 1.60. The van der Waals surface area contributed by atoms with Crippen LogP contribution >= 0.6 is 0 Å². The van der Waals surface area contributed by atoms with Crippen LogP contribution in [-0.2, 0) is 40.9 Å². The molecule has 0 saturated carbocycles. The number of pyridine rings is 1. The van der Waals surface area contributed by atoms with Crippen LogP contribution in [0.5, 0.6) is 0 Å². The monoisotopic (exact) mass is 532 g/mol. The van der Waals surface area contributed by atoms with Gasteiger partial charge in [-0.1, -0.05) is 42.0 Å². The number of aryl methyl sites for hydroxylation is 1. The van der Waals surface area contributed by atoms with E-state index in [1.807, 2.05) is 35.8 Å². The molecule has 0 amide bonds. The van der Waals surface area contributed by atoms with Gasteiger partial charge in [-0.05, 0) is 51.0 Å². The fourth-order valence-electron chi connectivity index (χ4n) is 5.40. The Balaban J connectivity index is 1.91. The number of aliphatic carboxylic acids is 1. The second-order valence-corrected chi connectivity index (χ2v) is 11.1. The zero-order chi connectivity index (χ0) is 28.1. The normalized spacial score (nSPS) is 14.4. The lowest BCUT2D eigenvalue weighted by molar-refractivity contribution is -0.161. The Hall–Kier alpha value is -3.75. The van der Waals surface area contributed by atoms with Crippen molar-refractivity contribution in [3.8, 4) is 11.1 Å². The maximum Gasteiger partial charge on any atom is 0.339 e. The van der Waals surface area contributed by atoms with Crippen LogP contribution in [0.3, 0.4) is 0 Å². The van der Waals surface area contributed by atoms with Gasteiger partial charge >= 0.3 is 5.97 Å². The zero-order valence-electron chi connectivity index (χ0n) is 22.9. The molecule has 1 aliphatic rings. The van der Waals surface area contributed by atoms with Crippen LogP contribution in [0.4, 0.5) is 4.39 Å². The highest BCUT2D eigenvalue weighted by atomic mass is 19.1. The Bertz CT molecular complexity index is 1610. The topological polar surface area (TPSA) is 82.7 Å². The van der Waals surface area contributed by atoms with Gasteiger partial charge in [0.25, 0.3) is 5.56 Å². The summed E-state index contributed by atoms with van der Waals surface area (Å²) in [6, 6.07) is 14.1. The molecule has 0 saturated heterocycles. The van der Waals surface area contributed by atoms with E-state index in [1.165, 1.54) is 16.7 Å². The number of halogens is 1. The molecule has 8 heteroatoms. The van der Waals surface area contributed by atoms with Crippen molar-refractivity contribution in [2.24, 2.45) is 7.05 Å². The predicted octanol–water partition coefficient (Wildman–Crippen LogP) is 5.52. The number of fused-ring (bicyclic) bond motifs is 3. The van der Waals surface area contributed by atoms with Gasteiger partial charge in [-0.3, -0.25) is 4.79 Å². The van der Waals surface area contributed by atoms with Crippen LogP contribution in [-0.4, -0.2) is 32.4 Å². The molecule has 0 spiro atoms. The van der Waals surface area contributed by atoms with Gasteiger partial charge in [0.05, 0.1) is 24.5 Å². The van der Waals surface area contributed by atoms with Crippen LogP contribution in [0.25, 0.3) is 22.0 Å². The lowest BCUT2D eigenvalue weighted by Gasteiger charge is -2.28. The Morgan fingerprint density at radius 2 is 1.79 bits per heavy atom. The molecule has 0 bridgehead atoms. The molecule has 3 heterocycles. The number of nitrogens with zero attached hydrogens (tertiary/aromatic N) is 2. The molecule has 5 rings (SSSR count). The van der Waals surface area contributed by atoms with Gasteiger partial charge in [0.15, 0.2) is 6.10 Å². The first-order valence-electron chi connectivity index (χ1n) is 13.0. The largest absolute Gasteiger partial charge is 0.479 e. The number of rotatable bonds is 6. The molecule has 0 aliphatic carbocycles. The predicted molar refractivity (Wildman–Crippen MR) is 147 cm³/mol. The molecule has 204 valence electrons. The summed E-state index contributed by atoms with van der Waals surface area (Å²) >= 11 is 0. The second kappa shape index (κ2) is 10.1. The van der Waals surface area contributed by atoms with Gasteiger partial charge in [0.2, 0.25) is 0 Å². The van der Waals surface area contributed by atoms with Crippen molar-refractivity contribution in [3.63, 3.8) is 0 Å². The Morgan fingerprint density at radius 3 is 2.41 bits per heavy atom. The Morgan fingerprint density at radius 1 is 1.13 bits per heavy atom. The summed E-state index contributed by atoms with van der Waals surface area (Å²) in [5.74, 6) is -1.50. The number of benzene rings is 2. The SMILES string of the molecule is Cc1ccc(-c2c(C(OC(C)(C)C)C(=O)O)n(C)c(=O)c3c2c2c(n3Cc3ccc(F)cc3)CCOC2)cc1. The smallest absolute Gasteiger partial charge is 0.339 e. The maximum absolute atomic E-state index is 14.2. The number of carboxylic acids is 1. The third-order valence-electron chi connectivity index (χ3n) is 7.13. The van der Waals surface area contributed by atoms with Crippen LogP contribution in [0, 0.1) is 12.7 Å². The molecule has 0 fully saturated rings.